The molecule has 3 rings (SSSR count). The maximum Gasteiger partial charge on any atom is 0.222 e. The molecule has 144 valence electrons. The second-order valence-electron chi connectivity index (χ2n) is 7.54. The van der Waals surface area contributed by atoms with E-state index in [0.29, 0.717) is 25.7 Å². The molecule has 1 atom stereocenters. The molecule has 2 aliphatic rings. The first kappa shape index (κ1) is 19.3. The zero-order valence-corrected chi connectivity index (χ0v) is 15.7. The van der Waals surface area contributed by atoms with Gasteiger partial charge in [0, 0.05) is 38.7 Å². The predicted molar refractivity (Wildman–Crippen MR) is 102 cm³/mol. The van der Waals surface area contributed by atoms with Crippen LogP contribution in [0.25, 0.3) is 0 Å². The molecular formula is C21H32N2O3. The van der Waals surface area contributed by atoms with E-state index in [9.17, 15) is 9.90 Å². The first-order valence-corrected chi connectivity index (χ1v) is 10.0. The lowest BCUT2D eigenvalue weighted by atomic mass is 9.98. The number of hydrogen-bond donors (Lipinski definition) is 1. The van der Waals surface area contributed by atoms with Crippen LogP contribution in [-0.2, 0) is 16.1 Å². The van der Waals surface area contributed by atoms with Gasteiger partial charge in [0.05, 0.1) is 12.7 Å². The molecule has 2 heterocycles. The fraction of sp³-hybridized carbons (Fsp3) is 0.667. The molecule has 1 N–H and O–H groups in total. The highest BCUT2D eigenvalue weighted by molar-refractivity contribution is 5.76. The lowest BCUT2D eigenvalue weighted by Crippen LogP contribution is -2.50. The zero-order valence-electron chi connectivity index (χ0n) is 15.7. The molecule has 0 unspecified atom stereocenters. The summed E-state index contributed by atoms with van der Waals surface area (Å²) in [5, 5.41) is 9.85. The van der Waals surface area contributed by atoms with Gasteiger partial charge in [0.25, 0.3) is 0 Å². The lowest BCUT2D eigenvalue weighted by molar-refractivity contribution is -0.133. The SMILES string of the molecule is O=C(CCCOCc1ccccc1)N1CCC(N2CCC[C@@H](O)C2)CC1. The Labute approximate surface area is 156 Å². The Kier molecular flexibility index (Phi) is 7.47. The van der Waals surface area contributed by atoms with E-state index in [4.69, 9.17) is 4.74 Å². The van der Waals surface area contributed by atoms with Crippen LogP contribution >= 0.6 is 0 Å². The van der Waals surface area contributed by atoms with Crippen LogP contribution in [0.15, 0.2) is 30.3 Å². The summed E-state index contributed by atoms with van der Waals surface area (Å²) in [4.78, 5) is 16.8. The highest BCUT2D eigenvalue weighted by Crippen LogP contribution is 2.21. The van der Waals surface area contributed by atoms with E-state index in [0.717, 1.165) is 58.3 Å². The Balaban J connectivity index is 1.29. The Morgan fingerprint density at radius 1 is 1.12 bits per heavy atom. The minimum atomic E-state index is -0.167. The number of piperidine rings is 2. The van der Waals surface area contributed by atoms with Crippen molar-refractivity contribution in [2.75, 3.05) is 32.8 Å². The van der Waals surface area contributed by atoms with E-state index in [1.165, 1.54) is 5.56 Å². The van der Waals surface area contributed by atoms with Crippen molar-refractivity contribution < 1.29 is 14.6 Å². The maximum absolute atomic E-state index is 12.4. The molecule has 0 saturated carbocycles. The lowest BCUT2D eigenvalue weighted by Gasteiger charge is -2.41. The summed E-state index contributed by atoms with van der Waals surface area (Å²) in [7, 11) is 0. The first-order chi connectivity index (χ1) is 12.7. The molecule has 2 aliphatic heterocycles. The standard InChI is InChI=1S/C21H32N2O3/c24-20-8-4-12-23(16-20)19-10-13-22(14-11-19)21(25)9-5-15-26-17-18-6-2-1-3-7-18/h1-3,6-7,19-20,24H,4-5,8-17H2/t20-/m1/s1. The van der Waals surface area contributed by atoms with E-state index in [-0.39, 0.29) is 12.0 Å². The highest BCUT2D eigenvalue weighted by atomic mass is 16.5. The van der Waals surface area contributed by atoms with Crippen LogP contribution in [0.3, 0.4) is 0 Å². The average Bonchev–Trinajstić information content (AvgIpc) is 2.68. The summed E-state index contributed by atoms with van der Waals surface area (Å²) >= 11 is 0. The number of carbonyl (C=O) groups excluding carboxylic acids is 1. The second kappa shape index (κ2) is 10.0. The fourth-order valence-corrected chi connectivity index (χ4v) is 4.04. The van der Waals surface area contributed by atoms with Gasteiger partial charge in [0.15, 0.2) is 0 Å². The van der Waals surface area contributed by atoms with Crippen LogP contribution in [0.5, 0.6) is 0 Å². The number of nitrogens with zero attached hydrogens (tertiary/aromatic N) is 2. The van der Waals surface area contributed by atoms with Gasteiger partial charge in [0.2, 0.25) is 5.91 Å². The molecule has 1 aromatic carbocycles. The molecule has 0 radical (unpaired) electrons. The number of ether oxygens (including phenoxy) is 1. The van der Waals surface area contributed by atoms with Crippen molar-refractivity contribution in [2.45, 2.75) is 57.3 Å². The summed E-state index contributed by atoms with van der Waals surface area (Å²) in [6.45, 7) is 4.83. The summed E-state index contributed by atoms with van der Waals surface area (Å²) in [5.74, 6) is 0.255. The molecule has 0 spiro atoms. The Hall–Kier alpha value is -1.43. The second-order valence-corrected chi connectivity index (χ2v) is 7.54. The van der Waals surface area contributed by atoms with Gasteiger partial charge in [0.1, 0.15) is 0 Å². The van der Waals surface area contributed by atoms with Crippen molar-refractivity contribution in [3.05, 3.63) is 35.9 Å². The molecule has 2 fully saturated rings. The van der Waals surface area contributed by atoms with Crippen molar-refractivity contribution in [1.82, 2.24) is 9.80 Å². The summed E-state index contributed by atoms with van der Waals surface area (Å²) < 4.78 is 5.66. The molecule has 0 bridgehead atoms. The van der Waals surface area contributed by atoms with Gasteiger partial charge in [-0.05, 0) is 44.2 Å². The largest absolute Gasteiger partial charge is 0.392 e. The van der Waals surface area contributed by atoms with E-state index >= 15 is 0 Å². The molecule has 0 aliphatic carbocycles. The Bertz CT molecular complexity index is 543. The van der Waals surface area contributed by atoms with Crippen molar-refractivity contribution in [3.8, 4) is 0 Å². The molecule has 1 amide bonds. The third-order valence-electron chi connectivity index (χ3n) is 5.55. The van der Waals surface area contributed by atoms with E-state index in [2.05, 4.69) is 17.0 Å². The maximum atomic E-state index is 12.4. The molecule has 1 aromatic rings. The van der Waals surface area contributed by atoms with Gasteiger partial charge in [-0.15, -0.1) is 0 Å². The van der Waals surface area contributed by atoms with Gasteiger partial charge in [-0.1, -0.05) is 30.3 Å². The van der Waals surface area contributed by atoms with Crippen LogP contribution in [-0.4, -0.2) is 65.7 Å². The van der Waals surface area contributed by atoms with Crippen LogP contribution in [0.4, 0.5) is 0 Å². The summed E-state index contributed by atoms with van der Waals surface area (Å²) in [6, 6.07) is 10.7. The van der Waals surface area contributed by atoms with E-state index in [1.807, 2.05) is 23.1 Å². The monoisotopic (exact) mass is 360 g/mol. The number of rotatable bonds is 7. The Morgan fingerprint density at radius 3 is 2.62 bits per heavy atom. The molecule has 2 saturated heterocycles. The van der Waals surface area contributed by atoms with Gasteiger partial charge in [-0.3, -0.25) is 9.69 Å². The number of benzene rings is 1. The van der Waals surface area contributed by atoms with Crippen molar-refractivity contribution in [2.24, 2.45) is 0 Å². The van der Waals surface area contributed by atoms with Gasteiger partial charge in [-0.2, -0.15) is 0 Å². The number of carbonyl (C=O) groups is 1. The molecule has 5 heteroatoms. The van der Waals surface area contributed by atoms with E-state index in [1.54, 1.807) is 0 Å². The summed E-state index contributed by atoms with van der Waals surface area (Å²) in [5.41, 5.74) is 1.17. The normalized spacial score (nSPS) is 22.5. The quantitative estimate of drug-likeness (QED) is 0.759. The molecule has 0 aromatic heterocycles. The van der Waals surface area contributed by atoms with Crippen LogP contribution in [0.1, 0.15) is 44.1 Å². The van der Waals surface area contributed by atoms with Crippen LogP contribution < -0.4 is 0 Å². The number of aliphatic hydroxyl groups is 1. The number of β-amino-alcohol motifs (C(OH)–C–C–N with tert-alkyl or cyclic N) is 1. The molecule has 26 heavy (non-hydrogen) atoms. The van der Waals surface area contributed by atoms with Crippen LogP contribution in [0.2, 0.25) is 0 Å². The number of likely N-dealkylation sites (tertiary alicyclic amines) is 2. The zero-order chi connectivity index (χ0) is 18.2. The van der Waals surface area contributed by atoms with Gasteiger partial charge >= 0.3 is 0 Å². The third kappa shape index (κ3) is 5.79. The van der Waals surface area contributed by atoms with Crippen molar-refractivity contribution in [1.29, 1.82) is 0 Å². The summed E-state index contributed by atoms with van der Waals surface area (Å²) in [6.07, 6.45) is 5.26. The molecular weight excluding hydrogens is 328 g/mol. The van der Waals surface area contributed by atoms with E-state index < -0.39 is 0 Å². The minimum absolute atomic E-state index is 0.167. The number of hydrogen-bond acceptors (Lipinski definition) is 4. The van der Waals surface area contributed by atoms with Crippen LogP contribution in [0, 0.1) is 0 Å². The topological polar surface area (TPSA) is 53.0 Å². The average molecular weight is 360 g/mol. The van der Waals surface area contributed by atoms with Gasteiger partial charge < -0.3 is 14.7 Å². The first-order valence-electron chi connectivity index (χ1n) is 10.0. The molecule has 5 nitrogen and oxygen atoms in total. The fourth-order valence-electron chi connectivity index (χ4n) is 4.04. The third-order valence-corrected chi connectivity index (χ3v) is 5.55. The number of amides is 1. The smallest absolute Gasteiger partial charge is 0.222 e. The van der Waals surface area contributed by atoms with Crippen molar-refractivity contribution in [3.63, 3.8) is 0 Å². The highest BCUT2D eigenvalue weighted by Gasteiger charge is 2.29. The predicted octanol–water partition coefficient (Wildman–Crippen LogP) is 2.43. The van der Waals surface area contributed by atoms with Gasteiger partial charge in [-0.25, -0.2) is 0 Å². The van der Waals surface area contributed by atoms with Crippen molar-refractivity contribution >= 4 is 5.91 Å². The minimum Gasteiger partial charge on any atom is -0.392 e. The number of aliphatic hydroxyl groups excluding tert-OH is 1. The Morgan fingerprint density at radius 2 is 1.88 bits per heavy atom.